The molecule has 2 saturated heterocycles. The fourth-order valence-corrected chi connectivity index (χ4v) is 3.77. The van der Waals surface area contributed by atoms with Crippen molar-refractivity contribution in [1.29, 1.82) is 0 Å². The number of primary amides is 1. The average molecular weight is 229 g/mol. The van der Waals surface area contributed by atoms with Crippen molar-refractivity contribution in [3.8, 4) is 0 Å². The molecular weight excluding hydrogens is 210 g/mol. The number of hydrogen-bond donors (Lipinski definition) is 2. The number of carbonyl (C=O) groups is 1. The van der Waals surface area contributed by atoms with E-state index in [2.05, 4.69) is 10.2 Å². The van der Waals surface area contributed by atoms with Gasteiger partial charge in [-0.3, -0.25) is 9.69 Å². The maximum atomic E-state index is 11.7. The lowest BCUT2D eigenvalue weighted by Crippen LogP contribution is -2.64. The molecule has 0 aromatic carbocycles. The number of nitrogens with zero attached hydrogens (tertiary/aromatic N) is 1. The summed E-state index contributed by atoms with van der Waals surface area (Å²) in [7, 11) is 0. The van der Waals surface area contributed by atoms with Gasteiger partial charge in [-0.25, -0.2) is 0 Å². The van der Waals surface area contributed by atoms with Gasteiger partial charge in [0.15, 0.2) is 0 Å². The minimum Gasteiger partial charge on any atom is -0.368 e. The fraction of sp³-hybridized carbons (Fsp3) is 0.900. The third kappa shape index (κ3) is 2.14. The number of hydrogen-bond acceptors (Lipinski definition) is 4. The summed E-state index contributed by atoms with van der Waals surface area (Å²) < 4.78 is 0. The van der Waals surface area contributed by atoms with Gasteiger partial charge in [-0.15, -0.1) is 0 Å². The smallest absolute Gasteiger partial charge is 0.238 e. The van der Waals surface area contributed by atoms with Gasteiger partial charge in [0.1, 0.15) is 5.54 Å². The maximum Gasteiger partial charge on any atom is 0.238 e. The minimum absolute atomic E-state index is 0.128. The number of piperazine rings is 1. The van der Waals surface area contributed by atoms with E-state index >= 15 is 0 Å². The van der Waals surface area contributed by atoms with E-state index in [1.165, 1.54) is 5.75 Å². The van der Waals surface area contributed by atoms with Crippen molar-refractivity contribution in [3.05, 3.63) is 0 Å². The third-order valence-electron chi connectivity index (χ3n) is 3.40. The second kappa shape index (κ2) is 4.72. The molecule has 0 saturated carbocycles. The summed E-state index contributed by atoms with van der Waals surface area (Å²) in [6.07, 6.45) is 2.05. The van der Waals surface area contributed by atoms with Crippen molar-refractivity contribution < 1.29 is 4.79 Å². The van der Waals surface area contributed by atoms with Gasteiger partial charge in [0.2, 0.25) is 5.91 Å². The Labute approximate surface area is 94.9 Å². The summed E-state index contributed by atoms with van der Waals surface area (Å²) in [6.45, 7) is 3.84. The summed E-state index contributed by atoms with van der Waals surface area (Å²) in [4.78, 5) is 14.0. The number of nitrogens with one attached hydrogen (secondary N) is 1. The Kier molecular flexibility index (Phi) is 3.53. The first-order valence-corrected chi connectivity index (χ1v) is 6.75. The number of thioether (sulfide) groups is 1. The zero-order chi connectivity index (χ0) is 10.7. The lowest BCUT2D eigenvalue weighted by Gasteiger charge is -2.45. The molecule has 15 heavy (non-hydrogen) atoms. The first kappa shape index (κ1) is 11.2. The Hall–Kier alpha value is -0.260. The fourth-order valence-electron chi connectivity index (χ4n) is 2.47. The summed E-state index contributed by atoms with van der Waals surface area (Å²) >= 11 is 1.86. The van der Waals surface area contributed by atoms with E-state index in [4.69, 9.17) is 5.73 Å². The Morgan fingerprint density at radius 1 is 1.40 bits per heavy atom. The molecule has 2 aliphatic rings. The van der Waals surface area contributed by atoms with Crippen LogP contribution in [0.1, 0.15) is 12.8 Å². The Morgan fingerprint density at radius 2 is 2.13 bits per heavy atom. The molecule has 0 aliphatic carbocycles. The highest BCUT2D eigenvalue weighted by Gasteiger charge is 2.43. The molecule has 2 aliphatic heterocycles. The van der Waals surface area contributed by atoms with Gasteiger partial charge in [0.05, 0.1) is 0 Å². The van der Waals surface area contributed by atoms with Crippen LogP contribution in [0.15, 0.2) is 0 Å². The van der Waals surface area contributed by atoms with Crippen LogP contribution in [-0.4, -0.2) is 54.0 Å². The molecule has 0 aromatic heterocycles. The monoisotopic (exact) mass is 229 g/mol. The topological polar surface area (TPSA) is 58.4 Å². The third-order valence-corrected chi connectivity index (χ3v) is 4.66. The van der Waals surface area contributed by atoms with Crippen LogP contribution >= 0.6 is 11.8 Å². The van der Waals surface area contributed by atoms with Gasteiger partial charge in [-0.05, 0) is 18.6 Å². The van der Waals surface area contributed by atoms with E-state index in [9.17, 15) is 4.79 Å². The number of amides is 1. The molecule has 2 fully saturated rings. The van der Waals surface area contributed by atoms with Crippen molar-refractivity contribution in [2.24, 2.45) is 5.73 Å². The van der Waals surface area contributed by atoms with E-state index < -0.39 is 0 Å². The summed E-state index contributed by atoms with van der Waals surface area (Å²) in [5, 5.41) is 3.31. The van der Waals surface area contributed by atoms with Crippen molar-refractivity contribution >= 4 is 17.7 Å². The molecule has 0 spiro atoms. The summed E-state index contributed by atoms with van der Waals surface area (Å²) in [5.74, 6) is 1.92. The first-order chi connectivity index (χ1) is 7.26. The van der Waals surface area contributed by atoms with Crippen LogP contribution in [0.3, 0.4) is 0 Å². The zero-order valence-corrected chi connectivity index (χ0v) is 9.81. The van der Waals surface area contributed by atoms with E-state index in [1.54, 1.807) is 0 Å². The van der Waals surface area contributed by atoms with Crippen LogP contribution in [0, 0.1) is 0 Å². The number of nitrogens with two attached hydrogens (primary N) is 1. The predicted octanol–water partition coefficient (Wildman–Crippen LogP) is -0.357. The molecule has 0 aromatic rings. The molecule has 5 heteroatoms. The van der Waals surface area contributed by atoms with Gasteiger partial charge >= 0.3 is 0 Å². The molecule has 86 valence electrons. The highest BCUT2D eigenvalue weighted by atomic mass is 32.2. The van der Waals surface area contributed by atoms with Crippen LogP contribution in [-0.2, 0) is 4.79 Å². The second-order valence-electron chi connectivity index (χ2n) is 4.29. The lowest BCUT2D eigenvalue weighted by atomic mass is 9.91. The quantitative estimate of drug-likeness (QED) is 0.679. The SMILES string of the molecule is NC(=O)C1(N2CCNCC2)CCCSC1. The second-order valence-corrected chi connectivity index (χ2v) is 5.39. The largest absolute Gasteiger partial charge is 0.368 e. The minimum atomic E-state index is -0.356. The van der Waals surface area contributed by atoms with Crippen molar-refractivity contribution in [3.63, 3.8) is 0 Å². The molecule has 4 nitrogen and oxygen atoms in total. The highest BCUT2D eigenvalue weighted by molar-refractivity contribution is 7.99. The van der Waals surface area contributed by atoms with Crippen LogP contribution in [0.2, 0.25) is 0 Å². The molecule has 0 radical (unpaired) electrons. The van der Waals surface area contributed by atoms with Gasteiger partial charge in [-0.1, -0.05) is 0 Å². The predicted molar refractivity (Wildman–Crippen MR) is 62.9 cm³/mol. The van der Waals surface area contributed by atoms with E-state index in [-0.39, 0.29) is 11.4 Å². The molecule has 1 amide bonds. The highest BCUT2D eigenvalue weighted by Crippen LogP contribution is 2.32. The molecule has 1 unspecified atom stereocenters. The molecule has 1 atom stereocenters. The Balaban J connectivity index is 2.12. The van der Waals surface area contributed by atoms with Crippen LogP contribution in [0.25, 0.3) is 0 Å². The van der Waals surface area contributed by atoms with Gasteiger partial charge in [0.25, 0.3) is 0 Å². The standard InChI is InChI=1S/C10H19N3OS/c11-9(14)10(2-1-7-15-8-10)13-5-3-12-4-6-13/h12H,1-8H2,(H2,11,14). The maximum absolute atomic E-state index is 11.7. The van der Waals surface area contributed by atoms with Crippen molar-refractivity contribution in [1.82, 2.24) is 10.2 Å². The van der Waals surface area contributed by atoms with E-state index in [1.807, 2.05) is 11.8 Å². The normalized spacial score (nSPS) is 33.9. The Morgan fingerprint density at radius 3 is 2.67 bits per heavy atom. The number of rotatable bonds is 2. The van der Waals surface area contributed by atoms with E-state index in [0.29, 0.717) is 0 Å². The molecule has 3 N–H and O–H groups in total. The van der Waals surface area contributed by atoms with Gasteiger partial charge < -0.3 is 11.1 Å². The van der Waals surface area contributed by atoms with Gasteiger partial charge in [0, 0.05) is 31.9 Å². The van der Waals surface area contributed by atoms with Crippen LogP contribution < -0.4 is 11.1 Å². The zero-order valence-electron chi connectivity index (χ0n) is 9.00. The molecule has 2 rings (SSSR count). The summed E-state index contributed by atoms with van der Waals surface area (Å²) in [5.41, 5.74) is 5.26. The first-order valence-electron chi connectivity index (χ1n) is 5.59. The molecular formula is C10H19N3OS. The number of carbonyl (C=O) groups excluding carboxylic acids is 1. The molecule has 2 heterocycles. The van der Waals surface area contributed by atoms with Crippen molar-refractivity contribution in [2.45, 2.75) is 18.4 Å². The van der Waals surface area contributed by atoms with Crippen LogP contribution in [0.4, 0.5) is 0 Å². The lowest BCUT2D eigenvalue weighted by molar-refractivity contribution is -0.130. The van der Waals surface area contributed by atoms with Gasteiger partial charge in [-0.2, -0.15) is 11.8 Å². The Bertz CT molecular complexity index is 235. The van der Waals surface area contributed by atoms with E-state index in [0.717, 1.165) is 44.8 Å². The van der Waals surface area contributed by atoms with Crippen molar-refractivity contribution in [2.75, 3.05) is 37.7 Å². The molecule has 0 bridgehead atoms. The summed E-state index contributed by atoms with van der Waals surface area (Å²) in [6, 6.07) is 0. The van der Waals surface area contributed by atoms with Crippen LogP contribution in [0.5, 0.6) is 0 Å². The average Bonchev–Trinajstić information content (AvgIpc) is 2.31.